The second-order valence-electron chi connectivity index (χ2n) is 14.9. The van der Waals surface area contributed by atoms with Crippen molar-refractivity contribution in [2.75, 3.05) is 61.4 Å². The summed E-state index contributed by atoms with van der Waals surface area (Å²) in [5, 5.41) is 0. The molecule has 1 amide bonds. The zero-order valence-corrected chi connectivity index (χ0v) is 33.8. The first-order chi connectivity index (χ1) is 27.8. The third kappa shape index (κ3) is 10.5. The molecule has 0 aromatic heterocycles. The number of amides is 1. The van der Waals surface area contributed by atoms with Crippen LogP contribution in [-0.4, -0.2) is 90.0 Å². The maximum Gasteiger partial charge on any atom is 0.329 e. The fraction of sp³-hybridized carbons (Fsp3) is 0.533. The molecule has 1 saturated heterocycles. The quantitative estimate of drug-likeness (QED) is 0.212. The Balaban J connectivity index is 1.36. The predicted octanol–water partition coefficient (Wildman–Crippen LogP) is 7.43. The van der Waals surface area contributed by atoms with Crippen LogP contribution in [0.25, 0.3) is 0 Å². The summed E-state index contributed by atoms with van der Waals surface area (Å²) in [6.45, 7) is 0.834. The summed E-state index contributed by atoms with van der Waals surface area (Å²) in [6.07, 6.45) is 7.57. The number of aryl methyl sites for hydroxylation is 1. The van der Waals surface area contributed by atoms with Gasteiger partial charge >= 0.3 is 5.97 Å². The van der Waals surface area contributed by atoms with Gasteiger partial charge in [0.25, 0.3) is 0 Å². The van der Waals surface area contributed by atoms with Gasteiger partial charge in [-0.2, -0.15) is 0 Å². The average molecular weight is 788 g/mol. The molecule has 3 aromatic rings. The highest BCUT2D eigenvalue weighted by molar-refractivity contribution is 5.89. The van der Waals surface area contributed by atoms with Crippen LogP contribution in [0.3, 0.4) is 0 Å². The van der Waals surface area contributed by atoms with Crippen molar-refractivity contribution in [3.63, 3.8) is 0 Å². The van der Waals surface area contributed by atoms with Gasteiger partial charge in [-0.15, -0.1) is 0 Å². The molecule has 4 bridgehead atoms. The number of Topliss-reactive ketones (excluding diaryl/α,β-unsaturated/α-hetero) is 1. The Hall–Kier alpha value is -4.97. The summed E-state index contributed by atoms with van der Waals surface area (Å²) in [5.74, 6) is 1.94. The Morgan fingerprint density at radius 1 is 0.719 bits per heavy atom. The lowest BCUT2D eigenvalue weighted by atomic mass is 9.75. The number of cyclic esters (lactones) is 1. The van der Waals surface area contributed by atoms with E-state index in [2.05, 4.69) is 0 Å². The molecular formula is C45H57NO11. The first kappa shape index (κ1) is 41.7. The van der Waals surface area contributed by atoms with Gasteiger partial charge in [-0.25, -0.2) is 4.79 Å². The van der Waals surface area contributed by atoms with Crippen LogP contribution in [0, 0.1) is 5.92 Å². The van der Waals surface area contributed by atoms with Crippen molar-refractivity contribution in [2.45, 2.75) is 88.7 Å². The first-order valence-corrected chi connectivity index (χ1v) is 20.3. The minimum absolute atomic E-state index is 0.0627. The molecule has 308 valence electrons. The maximum atomic E-state index is 15.1. The van der Waals surface area contributed by atoms with Gasteiger partial charge in [-0.05, 0) is 104 Å². The molecule has 2 fully saturated rings. The van der Waals surface area contributed by atoms with E-state index in [4.69, 9.17) is 37.9 Å². The number of carbonyl (C=O) groups excluding carboxylic acids is 3. The molecule has 2 heterocycles. The molecule has 12 heteroatoms. The number of nitrogens with zero attached hydrogens (tertiary/aromatic N) is 1. The van der Waals surface area contributed by atoms with Crippen molar-refractivity contribution in [3.8, 4) is 34.5 Å². The van der Waals surface area contributed by atoms with Crippen LogP contribution in [0.4, 0.5) is 0 Å². The van der Waals surface area contributed by atoms with E-state index in [-0.39, 0.29) is 50.5 Å². The monoisotopic (exact) mass is 787 g/mol. The van der Waals surface area contributed by atoms with Crippen molar-refractivity contribution in [1.29, 1.82) is 0 Å². The smallest absolute Gasteiger partial charge is 0.329 e. The van der Waals surface area contributed by atoms with Crippen LogP contribution < -0.4 is 28.4 Å². The van der Waals surface area contributed by atoms with Crippen LogP contribution in [0.2, 0.25) is 0 Å². The summed E-state index contributed by atoms with van der Waals surface area (Å²) in [7, 11) is 6.30. The van der Waals surface area contributed by atoms with Crippen molar-refractivity contribution in [3.05, 3.63) is 71.3 Å². The summed E-state index contributed by atoms with van der Waals surface area (Å²) >= 11 is 0. The number of hydrogen-bond acceptors (Lipinski definition) is 11. The van der Waals surface area contributed by atoms with Gasteiger partial charge in [0.05, 0.1) is 47.6 Å². The van der Waals surface area contributed by atoms with Gasteiger partial charge in [0.2, 0.25) is 11.7 Å². The normalized spacial score (nSPS) is 21.7. The molecule has 0 radical (unpaired) electrons. The highest BCUT2D eigenvalue weighted by atomic mass is 16.6. The van der Waals surface area contributed by atoms with E-state index in [0.717, 1.165) is 61.6 Å². The molecule has 12 nitrogen and oxygen atoms in total. The van der Waals surface area contributed by atoms with Gasteiger partial charge in [0, 0.05) is 13.0 Å². The number of hydrogen-bond donors (Lipinski definition) is 0. The lowest BCUT2D eigenvalue weighted by Gasteiger charge is -2.40. The minimum atomic E-state index is -0.753. The molecule has 3 aromatic carbocycles. The predicted molar refractivity (Wildman–Crippen MR) is 213 cm³/mol. The molecule has 57 heavy (non-hydrogen) atoms. The Morgan fingerprint density at radius 2 is 1.51 bits per heavy atom. The van der Waals surface area contributed by atoms with E-state index in [1.165, 1.54) is 0 Å². The minimum Gasteiger partial charge on any atom is -0.493 e. The van der Waals surface area contributed by atoms with E-state index < -0.39 is 24.0 Å². The molecule has 6 rings (SSSR count). The molecular weight excluding hydrogens is 730 g/mol. The number of methoxy groups -OCH3 is 4. The number of esters is 1. The Morgan fingerprint density at radius 3 is 2.28 bits per heavy atom. The molecule has 0 spiro atoms. The number of piperidine rings is 1. The van der Waals surface area contributed by atoms with E-state index in [1.54, 1.807) is 33.3 Å². The fourth-order valence-electron chi connectivity index (χ4n) is 8.34. The highest BCUT2D eigenvalue weighted by Gasteiger charge is 2.41. The molecule has 2 aliphatic heterocycles. The van der Waals surface area contributed by atoms with Gasteiger partial charge in [0.15, 0.2) is 28.8 Å². The van der Waals surface area contributed by atoms with E-state index in [0.29, 0.717) is 60.3 Å². The van der Waals surface area contributed by atoms with Crippen LogP contribution in [-0.2, 0) is 30.3 Å². The summed E-state index contributed by atoms with van der Waals surface area (Å²) < 4.78 is 46.9. The van der Waals surface area contributed by atoms with Crippen LogP contribution in [0.15, 0.2) is 54.6 Å². The Bertz CT molecular complexity index is 1820. The third-order valence-corrected chi connectivity index (χ3v) is 11.3. The lowest BCUT2D eigenvalue weighted by Crippen LogP contribution is -2.51. The van der Waals surface area contributed by atoms with Gasteiger partial charge in [-0.3, -0.25) is 9.59 Å². The van der Waals surface area contributed by atoms with Gasteiger partial charge in [0.1, 0.15) is 31.1 Å². The van der Waals surface area contributed by atoms with E-state index in [1.807, 2.05) is 54.6 Å². The number of benzene rings is 3. The number of fused-ring (bicyclic) bond motifs is 5. The van der Waals surface area contributed by atoms with Crippen LogP contribution >= 0.6 is 0 Å². The molecule has 0 N–H and O–H groups in total. The molecule has 1 aliphatic carbocycles. The molecule has 1 saturated carbocycles. The molecule has 3 aliphatic rings. The zero-order valence-electron chi connectivity index (χ0n) is 33.8. The largest absolute Gasteiger partial charge is 0.493 e. The molecule has 0 unspecified atom stereocenters. The number of rotatable bonds is 8. The van der Waals surface area contributed by atoms with Crippen molar-refractivity contribution in [2.24, 2.45) is 5.92 Å². The summed E-state index contributed by atoms with van der Waals surface area (Å²) in [6, 6.07) is 16.2. The number of carbonyl (C=O) groups is 3. The first-order valence-electron chi connectivity index (χ1n) is 20.3. The van der Waals surface area contributed by atoms with E-state index in [9.17, 15) is 9.59 Å². The Kier molecular flexibility index (Phi) is 14.9. The second kappa shape index (κ2) is 20.5. The van der Waals surface area contributed by atoms with Gasteiger partial charge < -0.3 is 42.8 Å². The Labute approximate surface area is 336 Å². The second-order valence-corrected chi connectivity index (χ2v) is 14.9. The van der Waals surface area contributed by atoms with Crippen LogP contribution in [0.1, 0.15) is 92.9 Å². The van der Waals surface area contributed by atoms with Gasteiger partial charge in [-0.1, -0.05) is 37.5 Å². The summed E-state index contributed by atoms with van der Waals surface area (Å²) in [5.41, 5.74) is 2.49. The van der Waals surface area contributed by atoms with Crippen LogP contribution in [0.5, 0.6) is 34.5 Å². The average Bonchev–Trinajstić information content (AvgIpc) is 3.24. The fourth-order valence-corrected chi connectivity index (χ4v) is 8.34. The van der Waals surface area contributed by atoms with Crippen molar-refractivity contribution < 1.29 is 52.3 Å². The number of ether oxygens (including phenoxy) is 8. The number of ketones is 1. The molecule has 3 atom stereocenters. The highest BCUT2D eigenvalue weighted by Crippen LogP contribution is 2.45. The maximum absolute atomic E-state index is 15.1. The SMILES string of the molecule is COc1ccc(CC[C@H]2OC(=O)[C@@H]3CCCCN3C(=O)[C@@H](C3CCCCC3)c3cc(OC)c(OC)c(c3)OCCOCC(=O)CCOc3cccc2c3)cc1OC. The zero-order chi connectivity index (χ0) is 40.1. The lowest BCUT2D eigenvalue weighted by molar-refractivity contribution is -0.163. The third-order valence-electron chi connectivity index (χ3n) is 11.3. The van der Waals surface area contributed by atoms with Crippen molar-refractivity contribution >= 4 is 17.7 Å². The van der Waals surface area contributed by atoms with Crippen molar-refractivity contribution in [1.82, 2.24) is 4.90 Å². The van der Waals surface area contributed by atoms with E-state index >= 15 is 4.79 Å². The standard InChI is InChI=1S/C45H57NO11/c1-50-38-19-17-30(25-39(38)51-2)16-18-37-32-13-10-14-35(26-32)55-22-20-34(47)29-54-23-24-56-41-28-33(27-40(52-3)43(41)53-4)42(31-11-6-5-7-12-31)44(48)46-21-9-8-15-36(46)45(49)57-37/h10,13-14,17,19,25-28,31,36-37,42H,5-9,11-12,15-16,18,20-24,29H2,1-4H3/t36-,37+,42-/m0/s1. The topological polar surface area (TPSA) is 128 Å². The summed E-state index contributed by atoms with van der Waals surface area (Å²) in [4.78, 5) is 44.1.